The fourth-order valence-corrected chi connectivity index (χ4v) is 2.54. The summed E-state index contributed by atoms with van der Waals surface area (Å²) >= 11 is 0. The summed E-state index contributed by atoms with van der Waals surface area (Å²) in [6, 6.07) is 3.00. The largest absolute Gasteiger partial charge is 0.319 e. The second-order valence-electron chi connectivity index (χ2n) is 3.65. The SMILES string of the molecule is CP(C)(=O)c1ccc([N+](=O)[O-])cc1C(F)F. The average Bonchev–Trinajstić information content (AvgIpc) is 2.15. The summed E-state index contributed by atoms with van der Waals surface area (Å²) < 4.78 is 37.0. The zero-order valence-corrected chi connectivity index (χ0v) is 9.58. The molecule has 0 aliphatic rings. The number of nitro groups is 1. The molecule has 1 aromatic carbocycles. The summed E-state index contributed by atoms with van der Waals surface area (Å²) in [4.78, 5) is 9.67. The number of nitrogens with zero attached hydrogens (tertiary/aromatic N) is 1. The highest BCUT2D eigenvalue weighted by molar-refractivity contribution is 7.70. The van der Waals surface area contributed by atoms with E-state index in [2.05, 4.69) is 0 Å². The Hall–Kier alpha value is -1.29. The minimum absolute atomic E-state index is 0.00639. The van der Waals surface area contributed by atoms with Crippen molar-refractivity contribution in [2.24, 2.45) is 0 Å². The van der Waals surface area contributed by atoms with Crippen LogP contribution in [0.3, 0.4) is 0 Å². The van der Waals surface area contributed by atoms with E-state index in [1.54, 1.807) is 0 Å². The van der Waals surface area contributed by atoms with Gasteiger partial charge in [0.05, 0.1) is 4.92 Å². The van der Waals surface area contributed by atoms with Crippen LogP contribution in [0.5, 0.6) is 0 Å². The van der Waals surface area contributed by atoms with Crippen LogP contribution in [0, 0.1) is 10.1 Å². The molecule has 0 bridgehead atoms. The van der Waals surface area contributed by atoms with E-state index in [4.69, 9.17) is 0 Å². The molecule has 0 spiro atoms. The molecule has 0 aliphatic heterocycles. The maximum atomic E-state index is 12.7. The zero-order chi connectivity index (χ0) is 12.5. The summed E-state index contributed by atoms with van der Waals surface area (Å²) in [5, 5.41) is 10.4. The van der Waals surface area contributed by atoms with Crippen molar-refractivity contribution in [3.05, 3.63) is 33.9 Å². The number of nitro benzene ring substituents is 1. The Bertz CT molecular complexity index is 470. The van der Waals surface area contributed by atoms with Gasteiger partial charge >= 0.3 is 0 Å². The van der Waals surface area contributed by atoms with Gasteiger partial charge in [-0.3, -0.25) is 10.1 Å². The first-order chi connectivity index (χ1) is 7.23. The lowest BCUT2D eigenvalue weighted by atomic mass is 10.2. The molecule has 1 aromatic rings. The van der Waals surface area contributed by atoms with Crippen molar-refractivity contribution in [3.8, 4) is 0 Å². The standard InChI is InChI=1S/C9H10F2NO3P/c1-16(2,15)8-4-3-6(12(13)14)5-7(8)9(10)11/h3-5,9H,1-2H3. The third kappa shape index (κ3) is 2.64. The highest BCUT2D eigenvalue weighted by Crippen LogP contribution is 2.39. The Labute approximate surface area is 90.8 Å². The Morgan fingerprint density at radius 3 is 2.31 bits per heavy atom. The summed E-state index contributed by atoms with van der Waals surface area (Å²) in [6.07, 6.45) is -2.87. The highest BCUT2D eigenvalue weighted by atomic mass is 31.2. The van der Waals surface area contributed by atoms with Gasteiger partial charge in [0.25, 0.3) is 12.1 Å². The third-order valence-corrected chi connectivity index (χ3v) is 3.60. The molecule has 0 atom stereocenters. The van der Waals surface area contributed by atoms with Crippen LogP contribution >= 0.6 is 7.14 Å². The number of non-ortho nitro benzene ring substituents is 1. The van der Waals surface area contributed by atoms with E-state index in [0.717, 1.165) is 18.2 Å². The maximum absolute atomic E-state index is 12.7. The molecule has 0 amide bonds. The number of halogens is 2. The van der Waals surface area contributed by atoms with Crippen molar-refractivity contribution >= 4 is 18.1 Å². The smallest absolute Gasteiger partial charge is 0.269 e. The van der Waals surface area contributed by atoms with E-state index in [1.807, 2.05) is 0 Å². The second-order valence-corrected chi connectivity index (χ2v) is 6.84. The molecule has 4 nitrogen and oxygen atoms in total. The predicted molar refractivity (Wildman–Crippen MR) is 57.1 cm³/mol. The van der Waals surface area contributed by atoms with Gasteiger partial charge in [-0.2, -0.15) is 0 Å². The molecule has 7 heteroatoms. The minimum Gasteiger partial charge on any atom is -0.319 e. The highest BCUT2D eigenvalue weighted by Gasteiger charge is 2.24. The van der Waals surface area contributed by atoms with Gasteiger partial charge in [-0.05, 0) is 19.4 Å². The first-order valence-electron chi connectivity index (χ1n) is 4.35. The van der Waals surface area contributed by atoms with E-state index in [-0.39, 0.29) is 5.30 Å². The number of alkyl halides is 2. The second kappa shape index (κ2) is 4.29. The molecule has 0 aromatic heterocycles. The average molecular weight is 249 g/mol. The van der Waals surface area contributed by atoms with Crippen LogP contribution in [0.25, 0.3) is 0 Å². The fraction of sp³-hybridized carbons (Fsp3) is 0.333. The molecule has 0 aliphatic carbocycles. The molecule has 0 saturated carbocycles. The third-order valence-electron chi connectivity index (χ3n) is 2.04. The lowest BCUT2D eigenvalue weighted by Crippen LogP contribution is -2.11. The Balaban J connectivity index is 3.43. The van der Waals surface area contributed by atoms with Crippen molar-refractivity contribution in [1.82, 2.24) is 0 Å². The van der Waals surface area contributed by atoms with Crippen molar-refractivity contribution in [2.75, 3.05) is 13.3 Å². The first-order valence-corrected chi connectivity index (χ1v) is 6.95. The molecule has 0 fully saturated rings. The van der Waals surface area contributed by atoms with Crippen LogP contribution in [0.2, 0.25) is 0 Å². The summed E-state index contributed by atoms with van der Waals surface area (Å²) in [5.74, 6) is 0. The number of rotatable bonds is 3. The summed E-state index contributed by atoms with van der Waals surface area (Å²) in [6.45, 7) is 2.69. The lowest BCUT2D eigenvalue weighted by Gasteiger charge is -2.12. The van der Waals surface area contributed by atoms with Crippen molar-refractivity contribution in [3.63, 3.8) is 0 Å². The van der Waals surface area contributed by atoms with Gasteiger partial charge in [-0.15, -0.1) is 0 Å². The van der Waals surface area contributed by atoms with E-state index >= 15 is 0 Å². The van der Waals surface area contributed by atoms with Crippen molar-refractivity contribution in [2.45, 2.75) is 6.43 Å². The van der Waals surface area contributed by atoms with E-state index < -0.39 is 29.7 Å². The molecular weight excluding hydrogens is 239 g/mol. The van der Waals surface area contributed by atoms with Gasteiger partial charge < -0.3 is 4.57 Å². The fourth-order valence-electron chi connectivity index (χ4n) is 1.32. The Morgan fingerprint density at radius 1 is 1.38 bits per heavy atom. The molecule has 0 saturated heterocycles. The van der Waals surface area contributed by atoms with Crippen LogP contribution in [-0.2, 0) is 4.57 Å². The Kier molecular flexibility index (Phi) is 3.43. The van der Waals surface area contributed by atoms with Crippen molar-refractivity contribution < 1.29 is 18.3 Å². The maximum Gasteiger partial charge on any atom is 0.269 e. The molecule has 1 rings (SSSR count). The van der Waals surface area contributed by atoms with Gasteiger partial charge in [-0.25, -0.2) is 8.78 Å². The first kappa shape index (κ1) is 12.8. The Morgan fingerprint density at radius 2 is 1.94 bits per heavy atom. The molecule has 16 heavy (non-hydrogen) atoms. The monoisotopic (exact) mass is 249 g/mol. The molecule has 0 N–H and O–H groups in total. The minimum atomic E-state index is -2.87. The van der Waals surface area contributed by atoms with E-state index in [9.17, 15) is 23.5 Å². The predicted octanol–water partition coefficient (Wildman–Crippen LogP) is 2.78. The lowest BCUT2D eigenvalue weighted by molar-refractivity contribution is -0.385. The molecule has 0 unspecified atom stereocenters. The van der Waals surface area contributed by atoms with Crippen LogP contribution in [0.15, 0.2) is 18.2 Å². The summed E-state index contributed by atoms with van der Waals surface area (Å²) in [7, 11) is -2.86. The normalized spacial score (nSPS) is 11.8. The van der Waals surface area contributed by atoms with E-state index in [1.165, 1.54) is 13.3 Å². The van der Waals surface area contributed by atoms with E-state index in [0.29, 0.717) is 0 Å². The van der Waals surface area contributed by atoms with Crippen LogP contribution < -0.4 is 5.30 Å². The number of hydrogen-bond donors (Lipinski definition) is 0. The molecule has 0 radical (unpaired) electrons. The number of hydrogen-bond acceptors (Lipinski definition) is 3. The van der Waals surface area contributed by atoms with Crippen molar-refractivity contribution in [1.29, 1.82) is 0 Å². The summed E-state index contributed by atoms with van der Waals surface area (Å²) in [5.41, 5.74) is -0.949. The van der Waals surface area contributed by atoms with Crippen LogP contribution in [0.1, 0.15) is 12.0 Å². The number of benzene rings is 1. The quantitative estimate of drug-likeness (QED) is 0.470. The van der Waals surface area contributed by atoms with Gasteiger partial charge in [-0.1, -0.05) is 0 Å². The van der Waals surface area contributed by atoms with Crippen LogP contribution in [0.4, 0.5) is 14.5 Å². The van der Waals surface area contributed by atoms with Gasteiger partial charge in [0.1, 0.15) is 7.14 Å². The van der Waals surface area contributed by atoms with Gasteiger partial charge in [0.2, 0.25) is 0 Å². The topological polar surface area (TPSA) is 60.2 Å². The molecule has 88 valence electrons. The molecular formula is C9H10F2NO3P. The van der Waals surface area contributed by atoms with Gasteiger partial charge in [0.15, 0.2) is 0 Å². The van der Waals surface area contributed by atoms with Crippen LogP contribution in [-0.4, -0.2) is 18.3 Å². The molecule has 0 heterocycles. The zero-order valence-electron chi connectivity index (χ0n) is 8.68. The van der Waals surface area contributed by atoms with Gasteiger partial charge in [0, 0.05) is 23.0 Å².